The topological polar surface area (TPSA) is 83.5 Å². The van der Waals surface area contributed by atoms with Crippen LogP contribution in [0.15, 0.2) is 71.8 Å². The predicted molar refractivity (Wildman–Crippen MR) is 119 cm³/mol. The fourth-order valence-electron chi connectivity index (χ4n) is 3.90. The third-order valence-electron chi connectivity index (χ3n) is 5.50. The van der Waals surface area contributed by atoms with Gasteiger partial charge in [-0.15, -0.1) is 5.10 Å². The molecule has 32 heavy (non-hydrogen) atoms. The van der Waals surface area contributed by atoms with Gasteiger partial charge in [0.25, 0.3) is 11.3 Å². The highest BCUT2D eigenvalue weighted by Gasteiger charge is 2.14. The maximum Gasteiger partial charge on any atom is 0.261 e. The second-order valence-electron chi connectivity index (χ2n) is 7.65. The number of pyridine rings is 1. The zero-order chi connectivity index (χ0) is 21.5. The summed E-state index contributed by atoms with van der Waals surface area (Å²) in [5.74, 6) is 2.48. The van der Waals surface area contributed by atoms with Gasteiger partial charge in [-0.05, 0) is 23.8 Å². The number of fused-ring (bicyclic) bond motifs is 4. The fourth-order valence-corrected chi connectivity index (χ4v) is 3.90. The molecule has 3 aromatic heterocycles. The number of ether oxygens (including phenoxy) is 2. The molecule has 4 heterocycles. The first-order chi connectivity index (χ1) is 15.8. The summed E-state index contributed by atoms with van der Waals surface area (Å²) in [6.45, 7) is 1.68. The standard InChI is InChI=1S/C24H19N5O3/c30-23-18-14-25-24-26-22(17-5-2-1-3-6-17)27-29(24)19(18)9-10-28(23)15-16-7-8-20-21(13-16)32-12-4-11-31-20/h1-3,5-10,13-14H,4,11-12,15H2. The van der Waals surface area contributed by atoms with Crippen molar-refractivity contribution in [2.45, 2.75) is 13.0 Å². The van der Waals surface area contributed by atoms with Crippen LogP contribution >= 0.6 is 0 Å². The molecule has 0 saturated heterocycles. The first-order valence-corrected chi connectivity index (χ1v) is 10.5. The second-order valence-corrected chi connectivity index (χ2v) is 7.65. The SMILES string of the molecule is O=c1c2cnc3nc(-c4ccccc4)nn3c2ccn1Cc1ccc2c(c1)OCCCO2. The summed E-state index contributed by atoms with van der Waals surface area (Å²) in [7, 11) is 0. The van der Waals surface area contributed by atoms with E-state index in [2.05, 4.69) is 15.1 Å². The van der Waals surface area contributed by atoms with E-state index in [1.165, 1.54) is 0 Å². The molecular weight excluding hydrogens is 406 g/mol. The summed E-state index contributed by atoms with van der Waals surface area (Å²) in [4.78, 5) is 22.1. The van der Waals surface area contributed by atoms with Crippen molar-refractivity contribution in [1.82, 2.24) is 24.1 Å². The van der Waals surface area contributed by atoms with Gasteiger partial charge in [0, 0.05) is 24.4 Å². The summed E-state index contributed by atoms with van der Waals surface area (Å²) in [5, 5.41) is 5.07. The highest BCUT2D eigenvalue weighted by atomic mass is 16.5. The lowest BCUT2D eigenvalue weighted by atomic mass is 10.2. The summed E-state index contributed by atoms with van der Waals surface area (Å²) in [6, 6.07) is 17.4. The van der Waals surface area contributed by atoms with E-state index in [0.29, 0.717) is 48.0 Å². The smallest absolute Gasteiger partial charge is 0.261 e. The van der Waals surface area contributed by atoms with Gasteiger partial charge >= 0.3 is 0 Å². The first kappa shape index (κ1) is 18.6. The Morgan fingerprint density at radius 2 is 1.81 bits per heavy atom. The van der Waals surface area contributed by atoms with Crippen LogP contribution in [-0.2, 0) is 6.54 Å². The van der Waals surface area contributed by atoms with Crippen LogP contribution in [0.2, 0.25) is 0 Å². The van der Waals surface area contributed by atoms with Gasteiger partial charge in [-0.3, -0.25) is 4.79 Å². The lowest BCUT2D eigenvalue weighted by Gasteiger charge is -2.11. The van der Waals surface area contributed by atoms with E-state index < -0.39 is 0 Å². The van der Waals surface area contributed by atoms with E-state index in [4.69, 9.17) is 9.47 Å². The van der Waals surface area contributed by atoms with E-state index in [0.717, 1.165) is 23.3 Å². The normalized spacial score (nSPS) is 13.4. The van der Waals surface area contributed by atoms with Crippen LogP contribution in [0, 0.1) is 0 Å². The van der Waals surface area contributed by atoms with Crippen LogP contribution in [0.25, 0.3) is 28.1 Å². The van der Waals surface area contributed by atoms with Crippen LogP contribution in [0.3, 0.4) is 0 Å². The summed E-state index contributed by atoms with van der Waals surface area (Å²) in [6.07, 6.45) is 4.20. The molecule has 6 rings (SSSR count). The molecule has 0 aliphatic carbocycles. The third-order valence-corrected chi connectivity index (χ3v) is 5.50. The minimum Gasteiger partial charge on any atom is -0.490 e. The minimum absolute atomic E-state index is 0.138. The number of hydrogen-bond donors (Lipinski definition) is 0. The molecule has 1 aliphatic heterocycles. The van der Waals surface area contributed by atoms with Crippen molar-refractivity contribution < 1.29 is 9.47 Å². The summed E-state index contributed by atoms with van der Waals surface area (Å²) in [5.41, 5.74) is 2.39. The molecule has 1 aliphatic rings. The zero-order valence-corrected chi connectivity index (χ0v) is 17.1. The molecule has 0 radical (unpaired) electrons. The molecule has 0 N–H and O–H groups in total. The van der Waals surface area contributed by atoms with Gasteiger partial charge < -0.3 is 14.0 Å². The van der Waals surface area contributed by atoms with Crippen molar-refractivity contribution >= 4 is 16.7 Å². The largest absolute Gasteiger partial charge is 0.490 e. The Kier molecular flexibility index (Phi) is 4.34. The molecule has 0 bridgehead atoms. The molecule has 5 aromatic rings. The van der Waals surface area contributed by atoms with Gasteiger partial charge in [-0.1, -0.05) is 36.4 Å². The monoisotopic (exact) mass is 425 g/mol. The molecular formula is C24H19N5O3. The predicted octanol–water partition coefficient (Wildman–Crippen LogP) is 3.32. The Hall–Kier alpha value is -4.20. The number of aromatic nitrogens is 5. The maximum atomic E-state index is 13.2. The zero-order valence-electron chi connectivity index (χ0n) is 17.1. The maximum absolute atomic E-state index is 13.2. The molecule has 8 heteroatoms. The Balaban J connectivity index is 1.39. The molecule has 2 aromatic carbocycles. The van der Waals surface area contributed by atoms with Crippen LogP contribution in [0.4, 0.5) is 0 Å². The van der Waals surface area contributed by atoms with E-state index in [1.54, 1.807) is 21.5 Å². The van der Waals surface area contributed by atoms with Gasteiger partial charge in [0.1, 0.15) is 0 Å². The average Bonchev–Trinajstić information content (AvgIpc) is 3.14. The molecule has 8 nitrogen and oxygen atoms in total. The van der Waals surface area contributed by atoms with E-state index in [9.17, 15) is 4.79 Å². The molecule has 0 spiro atoms. The molecule has 0 fully saturated rings. The van der Waals surface area contributed by atoms with Crippen molar-refractivity contribution in [2.75, 3.05) is 13.2 Å². The molecule has 0 unspecified atom stereocenters. The molecule has 158 valence electrons. The first-order valence-electron chi connectivity index (χ1n) is 10.5. The Labute approximate surface area is 182 Å². The average molecular weight is 425 g/mol. The number of hydrogen-bond acceptors (Lipinski definition) is 6. The summed E-state index contributed by atoms with van der Waals surface area (Å²) < 4.78 is 14.7. The van der Waals surface area contributed by atoms with Crippen LogP contribution in [0.5, 0.6) is 11.5 Å². The Bertz CT molecular complexity index is 1510. The van der Waals surface area contributed by atoms with Crippen molar-refractivity contribution in [2.24, 2.45) is 0 Å². The van der Waals surface area contributed by atoms with Gasteiger partial charge in [0.05, 0.1) is 30.7 Å². The van der Waals surface area contributed by atoms with Crippen LogP contribution in [-0.4, -0.2) is 37.4 Å². The lowest BCUT2D eigenvalue weighted by molar-refractivity contribution is 0.297. The van der Waals surface area contributed by atoms with Crippen LogP contribution in [0.1, 0.15) is 12.0 Å². The van der Waals surface area contributed by atoms with E-state index in [1.807, 2.05) is 54.6 Å². The number of rotatable bonds is 3. The number of benzene rings is 2. The van der Waals surface area contributed by atoms with E-state index >= 15 is 0 Å². The van der Waals surface area contributed by atoms with Gasteiger partial charge in [0.2, 0.25) is 0 Å². The Morgan fingerprint density at radius 3 is 2.69 bits per heavy atom. The number of nitrogens with zero attached hydrogens (tertiary/aromatic N) is 5. The van der Waals surface area contributed by atoms with Gasteiger partial charge in [-0.2, -0.15) is 9.50 Å². The lowest BCUT2D eigenvalue weighted by Crippen LogP contribution is -2.21. The molecule has 0 saturated carbocycles. The quantitative estimate of drug-likeness (QED) is 0.441. The van der Waals surface area contributed by atoms with Crippen molar-refractivity contribution in [3.05, 3.63) is 82.9 Å². The van der Waals surface area contributed by atoms with Gasteiger partial charge in [-0.25, -0.2) is 4.98 Å². The third kappa shape index (κ3) is 3.17. The molecule has 0 atom stereocenters. The fraction of sp³-hybridized carbons (Fsp3) is 0.167. The minimum atomic E-state index is -0.138. The van der Waals surface area contributed by atoms with E-state index in [-0.39, 0.29) is 5.56 Å². The second kappa shape index (κ2) is 7.49. The van der Waals surface area contributed by atoms with Gasteiger partial charge in [0.15, 0.2) is 17.3 Å². The van der Waals surface area contributed by atoms with Crippen LogP contribution < -0.4 is 15.0 Å². The highest BCUT2D eigenvalue weighted by molar-refractivity contribution is 5.79. The summed E-state index contributed by atoms with van der Waals surface area (Å²) >= 11 is 0. The molecule has 0 amide bonds. The highest BCUT2D eigenvalue weighted by Crippen LogP contribution is 2.30. The van der Waals surface area contributed by atoms with Crippen molar-refractivity contribution in [1.29, 1.82) is 0 Å². The van der Waals surface area contributed by atoms with Crippen molar-refractivity contribution in [3.8, 4) is 22.9 Å². The van der Waals surface area contributed by atoms with Crippen molar-refractivity contribution in [3.63, 3.8) is 0 Å². The Morgan fingerprint density at radius 1 is 0.969 bits per heavy atom.